The molecule has 0 radical (unpaired) electrons. The van der Waals surface area contributed by atoms with Gasteiger partial charge >= 0.3 is 0 Å². The number of anilines is 1. The van der Waals surface area contributed by atoms with Gasteiger partial charge in [-0.1, -0.05) is 18.2 Å². The van der Waals surface area contributed by atoms with Crippen LogP contribution >= 0.6 is 23.8 Å². The van der Waals surface area contributed by atoms with Crippen molar-refractivity contribution in [2.24, 2.45) is 0 Å². The van der Waals surface area contributed by atoms with Crippen molar-refractivity contribution in [3.63, 3.8) is 0 Å². The summed E-state index contributed by atoms with van der Waals surface area (Å²) in [5, 5.41) is 6.22. The van der Waals surface area contributed by atoms with Crippen molar-refractivity contribution >= 4 is 34.6 Å². The van der Waals surface area contributed by atoms with Gasteiger partial charge in [-0.2, -0.15) is 0 Å². The lowest BCUT2D eigenvalue weighted by Crippen LogP contribution is -2.23. The van der Waals surface area contributed by atoms with Gasteiger partial charge < -0.3 is 15.4 Å². The van der Waals surface area contributed by atoms with Crippen LogP contribution in [0.2, 0.25) is 0 Å². The molecule has 0 heterocycles. The molecule has 0 saturated carbocycles. The average Bonchev–Trinajstić information content (AvgIpc) is 2.31. The Kier molecular flexibility index (Phi) is 5.18. The summed E-state index contributed by atoms with van der Waals surface area (Å²) < 4.78 is 17.7. The van der Waals surface area contributed by atoms with Gasteiger partial charge in [0.1, 0.15) is 11.6 Å². The summed E-state index contributed by atoms with van der Waals surface area (Å²) in [5.74, 6) is -0.282. The zero-order valence-corrected chi connectivity index (χ0v) is 10.7. The Hall–Kier alpha value is -1.33. The predicted octanol–water partition coefficient (Wildman–Crippen LogP) is 3.03. The van der Waals surface area contributed by atoms with Crippen LogP contribution in [-0.4, -0.2) is 17.7 Å². The topological polar surface area (TPSA) is 33.3 Å². The van der Waals surface area contributed by atoms with Crippen LogP contribution in [0.1, 0.15) is 0 Å². The second kappa shape index (κ2) is 6.42. The van der Waals surface area contributed by atoms with E-state index in [1.807, 2.05) is 0 Å². The van der Waals surface area contributed by atoms with Crippen molar-refractivity contribution in [2.75, 3.05) is 12.4 Å². The molecule has 0 aliphatic rings. The highest BCUT2D eigenvalue weighted by Gasteiger charge is 2.09. The number of hydrogen-bond donors (Lipinski definition) is 2. The van der Waals surface area contributed by atoms with Crippen LogP contribution in [0.25, 0.3) is 0 Å². The lowest BCUT2D eigenvalue weighted by molar-refractivity contribution is 0.283. The fourth-order valence-corrected chi connectivity index (χ4v) is 1.21. The maximum Gasteiger partial charge on any atom is 0.222 e. The third kappa shape index (κ3) is 4.58. The van der Waals surface area contributed by atoms with Gasteiger partial charge in [-0.25, -0.2) is 4.39 Å². The lowest BCUT2D eigenvalue weighted by Gasteiger charge is -2.11. The zero-order chi connectivity index (χ0) is 12.8. The predicted molar refractivity (Wildman–Crippen MR) is 72.2 cm³/mol. The van der Waals surface area contributed by atoms with E-state index in [1.54, 1.807) is 31.3 Å². The molecule has 1 rings (SSSR count). The van der Waals surface area contributed by atoms with Crippen LogP contribution in [0.5, 0.6) is 5.75 Å². The van der Waals surface area contributed by atoms with Crippen LogP contribution in [0.4, 0.5) is 10.1 Å². The van der Waals surface area contributed by atoms with Crippen molar-refractivity contribution in [1.29, 1.82) is 0 Å². The van der Waals surface area contributed by atoms with E-state index in [1.165, 1.54) is 0 Å². The van der Waals surface area contributed by atoms with Crippen molar-refractivity contribution in [3.8, 4) is 5.75 Å². The summed E-state index contributed by atoms with van der Waals surface area (Å²) in [6.07, 6.45) is 0. The summed E-state index contributed by atoms with van der Waals surface area (Å²) in [5.41, 5.74) is -0.380. The Bertz CT molecular complexity index is 410. The molecule has 0 saturated heterocycles. The van der Waals surface area contributed by atoms with Crippen LogP contribution in [-0.2, 0) is 0 Å². The normalized spacial score (nSPS) is 11.5. The van der Waals surface area contributed by atoms with Gasteiger partial charge in [-0.05, 0) is 36.5 Å². The van der Waals surface area contributed by atoms with Crippen molar-refractivity contribution in [2.45, 2.75) is 5.56 Å². The van der Waals surface area contributed by atoms with Crippen LogP contribution in [0, 0.1) is 0 Å². The van der Waals surface area contributed by atoms with Gasteiger partial charge in [0.25, 0.3) is 0 Å². The standard InChI is InChI=1S/C11H12ClFN2OS/c1-7(13)10(12)16-9-5-3-8(4-6-9)15-11(17)14-2/h3-6,10H,1H2,2H3,(H2,14,15,17). The molecule has 2 N–H and O–H groups in total. The average molecular weight is 275 g/mol. The Morgan fingerprint density at radius 1 is 1.47 bits per heavy atom. The lowest BCUT2D eigenvalue weighted by atomic mass is 10.3. The molecule has 0 fully saturated rings. The van der Waals surface area contributed by atoms with E-state index in [-0.39, 0.29) is 0 Å². The van der Waals surface area contributed by atoms with Gasteiger partial charge in [-0.15, -0.1) is 0 Å². The minimum atomic E-state index is -1.17. The summed E-state index contributed by atoms with van der Waals surface area (Å²) in [6, 6.07) is 6.78. The first-order valence-corrected chi connectivity index (χ1v) is 5.61. The number of nitrogens with one attached hydrogen (secondary N) is 2. The van der Waals surface area contributed by atoms with Crippen molar-refractivity contribution < 1.29 is 9.13 Å². The minimum absolute atomic E-state index is 0.449. The molecule has 6 heteroatoms. The van der Waals surface area contributed by atoms with Gasteiger partial charge in [0.05, 0.1) is 0 Å². The fraction of sp³-hybridized carbons (Fsp3) is 0.182. The molecule has 3 nitrogen and oxygen atoms in total. The van der Waals surface area contributed by atoms with E-state index in [2.05, 4.69) is 17.2 Å². The monoisotopic (exact) mass is 274 g/mol. The van der Waals surface area contributed by atoms with E-state index in [4.69, 9.17) is 28.6 Å². The fourth-order valence-electron chi connectivity index (χ4n) is 0.994. The van der Waals surface area contributed by atoms with E-state index >= 15 is 0 Å². The minimum Gasteiger partial charge on any atom is -0.468 e. The number of ether oxygens (including phenoxy) is 1. The Morgan fingerprint density at radius 3 is 2.53 bits per heavy atom. The molecule has 92 valence electrons. The highest BCUT2D eigenvalue weighted by Crippen LogP contribution is 2.20. The second-order valence-corrected chi connectivity index (χ2v) is 3.91. The van der Waals surface area contributed by atoms with E-state index < -0.39 is 11.4 Å². The second-order valence-electron chi connectivity index (χ2n) is 3.11. The zero-order valence-electron chi connectivity index (χ0n) is 9.17. The Labute approximate surface area is 110 Å². The van der Waals surface area contributed by atoms with E-state index in [9.17, 15) is 4.39 Å². The molecule has 0 amide bonds. The summed E-state index contributed by atoms with van der Waals surface area (Å²) in [6.45, 7) is 3.06. The molecule has 17 heavy (non-hydrogen) atoms. The number of halogens is 2. The first kappa shape index (κ1) is 13.7. The first-order valence-electron chi connectivity index (χ1n) is 4.76. The highest BCUT2D eigenvalue weighted by molar-refractivity contribution is 7.80. The van der Waals surface area contributed by atoms with Crippen molar-refractivity contribution in [3.05, 3.63) is 36.7 Å². The number of hydrogen-bond acceptors (Lipinski definition) is 2. The Morgan fingerprint density at radius 2 is 2.06 bits per heavy atom. The quantitative estimate of drug-likeness (QED) is 0.653. The summed E-state index contributed by atoms with van der Waals surface area (Å²) in [7, 11) is 1.72. The smallest absolute Gasteiger partial charge is 0.222 e. The molecule has 1 aromatic carbocycles. The maximum absolute atomic E-state index is 12.6. The molecular weight excluding hydrogens is 263 g/mol. The van der Waals surface area contributed by atoms with Crippen molar-refractivity contribution in [1.82, 2.24) is 5.32 Å². The maximum atomic E-state index is 12.6. The molecule has 1 unspecified atom stereocenters. The molecule has 0 bridgehead atoms. The molecule has 0 spiro atoms. The third-order valence-corrected chi connectivity index (χ3v) is 2.46. The number of thiocarbonyl (C=S) groups is 1. The SMILES string of the molecule is C=C(F)C(Cl)Oc1ccc(NC(=S)NC)cc1. The molecule has 0 aliphatic heterocycles. The molecule has 0 aromatic heterocycles. The van der Waals surface area contributed by atoms with Crippen LogP contribution in [0.3, 0.4) is 0 Å². The molecule has 1 atom stereocenters. The highest BCUT2D eigenvalue weighted by atomic mass is 35.5. The van der Waals surface area contributed by atoms with E-state index in [0.717, 1.165) is 5.69 Å². The van der Waals surface area contributed by atoms with Gasteiger partial charge in [-0.3, -0.25) is 0 Å². The van der Waals surface area contributed by atoms with Crippen LogP contribution < -0.4 is 15.4 Å². The molecule has 1 aromatic rings. The van der Waals surface area contributed by atoms with Gasteiger partial charge in [0.15, 0.2) is 5.11 Å². The Balaban J connectivity index is 2.62. The van der Waals surface area contributed by atoms with Gasteiger partial charge in [0.2, 0.25) is 5.56 Å². The van der Waals surface area contributed by atoms with E-state index in [0.29, 0.717) is 10.9 Å². The molecular formula is C11H12ClFN2OS. The van der Waals surface area contributed by atoms with Gasteiger partial charge in [0, 0.05) is 12.7 Å². The van der Waals surface area contributed by atoms with Crippen LogP contribution in [0.15, 0.2) is 36.7 Å². The third-order valence-electron chi connectivity index (χ3n) is 1.83. The number of alkyl halides is 1. The largest absolute Gasteiger partial charge is 0.468 e. The number of benzene rings is 1. The first-order chi connectivity index (χ1) is 8.02. The summed E-state index contributed by atoms with van der Waals surface area (Å²) in [4.78, 5) is 0. The summed E-state index contributed by atoms with van der Waals surface area (Å²) >= 11 is 10.5. The molecule has 0 aliphatic carbocycles. The number of rotatable bonds is 4.